The second-order valence-corrected chi connectivity index (χ2v) is 7.24. The molecule has 2 aromatic carbocycles. The van der Waals surface area contributed by atoms with Gasteiger partial charge in [-0.2, -0.15) is 0 Å². The molecule has 2 aliphatic heterocycles. The smallest absolute Gasteiger partial charge is 0.336 e. The summed E-state index contributed by atoms with van der Waals surface area (Å²) in [7, 11) is -3.40. The summed E-state index contributed by atoms with van der Waals surface area (Å²) in [4.78, 5) is 11.5. The van der Waals surface area contributed by atoms with Gasteiger partial charge in [0.15, 0.2) is 9.84 Å². The lowest BCUT2D eigenvalue weighted by atomic mass is 9.98. The van der Waals surface area contributed by atoms with Gasteiger partial charge in [0.1, 0.15) is 16.7 Å². The first kappa shape index (κ1) is 14.6. The van der Waals surface area contributed by atoms with Gasteiger partial charge in [0.25, 0.3) is 0 Å². The summed E-state index contributed by atoms with van der Waals surface area (Å²) < 4.78 is 29.5. The zero-order valence-electron chi connectivity index (χ0n) is 11.8. The van der Waals surface area contributed by atoms with Crippen LogP contribution in [0.2, 0.25) is 0 Å². The van der Waals surface area contributed by atoms with Gasteiger partial charge >= 0.3 is 5.97 Å². The minimum absolute atomic E-state index is 0.139. The number of benzene rings is 2. The van der Waals surface area contributed by atoms with E-state index in [9.17, 15) is 18.3 Å². The van der Waals surface area contributed by atoms with Crippen LogP contribution in [-0.4, -0.2) is 25.7 Å². The quantitative estimate of drug-likeness (QED) is 0.940. The van der Waals surface area contributed by atoms with E-state index in [1.165, 1.54) is 6.07 Å². The third-order valence-corrected chi connectivity index (χ3v) is 4.75. The largest absolute Gasteiger partial charge is 0.484 e. The Balaban J connectivity index is 2.08. The van der Waals surface area contributed by atoms with Crippen molar-refractivity contribution in [3.8, 4) is 5.75 Å². The van der Waals surface area contributed by atoms with Gasteiger partial charge < -0.3 is 9.84 Å². The van der Waals surface area contributed by atoms with Gasteiger partial charge in [-0.05, 0) is 23.8 Å². The van der Waals surface area contributed by atoms with Gasteiger partial charge in [-0.3, -0.25) is 0 Å². The van der Waals surface area contributed by atoms with Crippen LogP contribution >= 0.6 is 0 Å². The van der Waals surface area contributed by atoms with Crippen molar-refractivity contribution in [2.75, 3.05) is 6.26 Å². The highest BCUT2D eigenvalue weighted by molar-refractivity contribution is 7.90. The lowest BCUT2D eigenvalue weighted by molar-refractivity contribution is 0.0691. The van der Waals surface area contributed by atoms with Gasteiger partial charge in [0.2, 0.25) is 0 Å². The standard InChI is InChI=1S/C16H14O5S/c1-22(19,20)15-9-10-6-7-13(15)21-14(8-10)11-4-2-3-5-12(11)16(17)18/h2-7,9,14H,8H2,1H3,(H,17,18). The Morgan fingerprint density at radius 1 is 1.23 bits per heavy atom. The van der Waals surface area contributed by atoms with Crippen LogP contribution in [0.1, 0.15) is 27.6 Å². The molecule has 2 aromatic rings. The fourth-order valence-electron chi connectivity index (χ4n) is 2.62. The molecule has 0 radical (unpaired) electrons. The number of carbonyl (C=O) groups is 1. The van der Waals surface area contributed by atoms with Crippen molar-refractivity contribution >= 4 is 15.8 Å². The molecule has 114 valence electrons. The number of rotatable bonds is 3. The maximum Gasteiger partial charge on any atom is 0.336 e. The third-order valence-electron chi connectivity index (χ3n) is 3.64. The Hall–Kier alpha value is -2.34. The Labute approximate surface area is 128 Å². The van der Waals surface area contributed by atoms with Crippen molar-refractivity contribution in [2.45, 2.75) is 17.4 Å². The van der Waals surface area contributed by atoms with Gasteiger partial charge in [0, 0.05) is 18.2 Å². The summed E-state index contributed by atoms with van der Waals surface area (Å²) in [5.74, 6) is -0.774. The van der Waals surface area contributed by atoms with E-state index in [-0.39, 0.29) is 16.2 Å². The molecule has 1 N–H and O–H groups in total. The molecule has 5 nitrogen and oxygen atoms in total. The van der Waals surface area contributed by atoms with E-state index in [4.69, 9.17) is 4.74 Å². The Morgan fingerprint density at radius 2 is 1.95 bits per heavy atom. The molecule has 0 fully saturated rings. The van der Waals surface area contributed by atoms with Crippen LogP contribution in [-0.2, 0) is 16.3 Å². The summed E-state index contributed by atoms with van der Waals surface area (Å²) in [6.07, 6.45) is 1.02. The van der Waals surface area contributed by atoms with Crippen molar-refractivity contribution in [1.29, 1.82) is 0 Å². The highest BCUT2D eigenvalue weighted by Crippen LogP contribution is 2.36. The zero-order chi connectivity index (χ0) is 15.9. The number of aromatic carboxylic acids is 1. The minimum atomic E-state index is -3.40. The molecule has 0 amide bonds. The predicted octanol–water partition coefficient (Wildman–Crippen LogP) is 2.46. The first-order valence-electron chi connectivity index (χ1n) is 6.68. The Bertz CT molecular complexity index is 855. The third kappa shape index (κ3) is 2.57. The molecule has 2 aliphatic rings. The first-order chi connectivity index (χ1) is 10.4. The van der Waals surface area contributed by atoms with E-state index in [1.54, 1.807) is 36.4 Å². The molecule has 0 saturated carbocycles. The second kappa shape index (κ2) is 5.14. The van der Waals surface area contributed by atoms with Crippen LogP contribution in [0.25, 0.3) is 0 Å². The van der Waals surface area contributed by atoms with E-state index in [0.29, 0.717) is 12.0 Å². The SMILES string of the molecule is CS(=O)(=O)c1cc2ccc1OC(c1ccccc1C(=O)O)C2. The average Bonchev–Trinajstić information content (AvgIpc) is 2.78. The number of ether oxygens (including phenoxy) is 1. The zero-order valence-corrected chi connectivity index (χ0v) is 12.6. The summed E-state index contributed by atoms with van der Waals surface area (Å²) in [5, 5.41) is 9.30. The molecular formula is C16H14O5S. The number of sulfone groups is 1. The van der Waals surface area contributed by atoms with E-state index >= 15 is 0 Å². The molecule has 22 heavy (non-hydrogen) atoms. The molecular weight excluding hydrogens is 304 g/mol. The topological polar surface area (TPSA) is 80.7 Å². The molecule has 0 spiro atoms. The normalized spacial score (nSPS) is 16.9. The highest BCUT2D eigenvalue weighted by Gasteiger charge is 2.27. The average molecular weight is 318 g/mol. The molecule has 1 unspecified atom stereocenters. The maximum absolute atomic E-state index is 11.8. The van der Waals surface area contributed by atoms with Gasteiger partial charge in [-0.25, -0.2) is 13.2 Å². The Kier molecular flexibility index (Phi) is 3.41. The first-order valence-corrected chi connectivity index (χ1v) is 8.57. The number of hydrogen-bond acceptors (Lipinski definition) is 4. The maximum atomic E-state index is 11.8. The number of carboxylic acid groups (broad SMARTS) is 1. The lowest BCUT2D eigenvalue weighted by Gasteiger charge is -2.18. The molecule has 4 rings (SSSR count). The molecule has 0 saturated heterocycles. The van der Waals surface area contributed by atoms with Crippen molar-refractivity contribution in [2.24, 2.45) is 0 Å². The van der Waals surface area contributed by atoms with E-state index in [0.717, 1.165) is 11.8 Å². The lowest BCUT2D eigenvalue weighted by Crippen LogP contribution is -2.14. The van der Waals surface area contributed by atoms with Gasteiger partial charge in [-0.15, -0.1) is 0 Å². The molecule has 2 heterocycles. The number of carboxylic acids is 1. The Morgan fingerprint density at radius 3 is 2.64 bits per heavy atom. The highest BCUT2D eigenvalue weighted by atomic mass is 32.2. The predicted molar refractivity (Wildman–Crippen MR) is 80.0 cm³/mol. The molecule has 0 aromatic heterocycles. The molecule has 2 bridgehead atoms. The second-order valence-electron chi connectivity index (χ2n) is 5.26. The van der Waals surface area contributed by atoms with Gasteiger partial charge in [-0.1, -0.05) is 24.3 Å². The van der Waals surface area contributed by atoms with Gasteiger partial charge in [0.05, 0.1) is 5.56 Å². The van der Waals surface area contributed by atoms with Crippen molar-refractivity contribution in [3.05, 3.63) is 59.2 Å². The molecule has 0 aliphatic carbocycles. The van der Waals surface area contributed by atoms with Crippen molar-refractivity contribution < 1.29 is 23.1 Å². The summed E-state index contributed by atoms with van der Waals surface area (Å²) in [6, 6.07) is 11.6. The van der Waals surface area contributed by atoms with Crippen molar-refractivity contribution in [3.63, 3.8) is 0 Å². The fraction of sp³-hybridized carbons (Fsp3) is 0.188. The van der Waals surface area contributed by atoms with Crippen LogP contribution in [0, 0.1) is 0 Å². The number of hydrogen-bond donors (Lipinski definition) is 1. The van der Waals surface area contributed by atoms with E-state index < -0.39 is 21.9 Å². The minimum Gasteiger partial charge on any atom is -0.484 e. The summed E-state index contributed by atoms with van der Waals surface area (Å²) >= 11 is 0. The monoisotopic (exact) mass is 318 g/mol. The van der Waals surface area contributed by atoms with Crippen LogP contribution in [0.5, 0.6) is 5.75 Å². The van der Waals surface area contributed by atoms with Crippen LogP contribution in [0.4, 0.5) is 0 Å². The summed E-state index contributed by atoms with van der Waals surface area (Å²) in [6.45, 7) is 0. The fourth-order valence-corrected chi connectivity index (χ4v) is 3.47. The van der Waals surface area contributed by atoms with E-state index in [2.05, 4.69) is 0 Å². The summed E-state index contributed by atoms with van der Waals surface area (Å²) in [5.41, 5.74) is 1.50. The number of fused-ring (bicyclic) bond motifs is 4. The van der Waals surface area contributed by atoms with Crippen molar-refractivity contribution in [1.82, 2.24) is 0 Å². The van der Waals surface area contributed by atoms with Crippen LogP contribution < -0.4 is 4.74 Å². The molecule has 1 atom stereocenters. The van der Waals surface area contributed by atoms with Crippen LogP contribution in [0.3, 0.4) is 0 Å². The molecule has 6 heteroatoms. The van der Waals surface area contributed by atoms with E-state index in [1.807, 2.05) is 0 Å². The van der Waals surface area contributed by atoms with Crippen LogP contribution in [0.15, 0.2) is 47.4 Å².